The lowest BCUT2D eigenvalue weighted by molar-refractivity contribution is -0.170. The van der Waals surface area contributed by atoms with Crippen LogP contribution in [-0.2, 0) is 25.7 Å². The number of ether oxygens (including phenoxy) is 2. The van der Waals surface area contributed by atoms with Crippen LogP contribution in [0.2, 0.25) is 0 Å². The van der Waals surface area contributed by atoms with Crippen LogP contribution in [0.4, 0.5) is 0 Å². The van der Waals surface area contributed by atoms with Crippen molar-refractivity contribution >= 4 is 11.9 Å². The molecule has 0 heterocycles. The predicted molar refractivity (Wildman–Crippen MR) is 88.5 cm³/mol. The van der Waals surface area contributed by atoms with E-state index in [2.05, 4.69) is 0 Å². The van der Waals surface area contributed by atoms with Crippen molar-refractivity contribution in [2.45, 2.75) is 52.2 Å². The zero-order chi connectivity index (χ0) is 17.3. The second-order valence-electron chi connectivity index (χ2n) is 6.46. The molecule has 1 unspecified atom stereocenters. The van der Waals surface area contributed by atoms with Crippen molar-refractivity contribution in [3.63, 3.8) is 0 Å². The Morgan fingerprint density at radius 1 is 1.09 bits per heavy atom. The molecule has 0 aromatic heterocycles. The maximum atomic E-state index is 12.3. The van der Waals surface area contributed by atoms with Crippen molar-refractivity contribution in [3.05, 3.63) is 35.9 Å². The lowest BCUT2D eigenvalue weighted by atomic mass is 10.0. The van der Waals surface area contributed by atoms with Gasteiger partial charge in [0.25, 0.3) is 0 Å². The van der Waals surface area contributed by atoms with Crippen LogP contribution in [0.5, 0.6) is 0 Å². The molecular weight excluding hydrogens is 294 g/mol. The number of hydrogen-bond acceptors (Lipinski definition) is 5. The first kappa shape index (κ1) is 19.2. The van der Waals surface area contributed by atoms with Crippen molar-refractivity contribution in [2.24, 2.45) is 11.7 Å². The van der Waals surface area contributed by atoms with Gasteiger partial charge in [0.2, 0.25) is 0 Å². The first-order valence-corrected chi connectivity index (χ1v) is 7.97. The van der Waals surface area contributed by atoms with E-state index in [1.54, 1.807) is 20.8 Å². The van der Waals surface area contributed by atoms with E-state index in [-0.39, 0.29) is 6.61 Å². The van der Waals surface area contributed by atoms with E-state index in [0.717, 1.165) is 12.0 Å². The molecule has 2 N–H and O–H groups in total. The highest BCUT2D eigenvalue weighted by Crippen LogP contribution is 2.18. The summed E-state index contributed by atoms with van der Waals surface area (Å²) >= 11 is 0. The van der Waals surface area contributed by atoms with E-state index in [4.69, 9.17) is 15.2 Å². The molecular formula is C18H27NO4. The number of rotatable bonds is 8. The van der Waals surface area contributed by atoms with Gasteiger partial charge >= 0.3 is 11.9 Å². The average Bonchev–Trinajstić information content (AvgIpc) is 2.48. The van der Waals surface area contributed by atoms with E-state index in [1.807, 2.05) is 30.3 Å². The molecule has 1 rings (SSSR count). The maximum absolute atomic E-state index is 12.3. The van der Waals surface area contributed by atoms with Crippen molar-refractivity contribution in [1.29, 1.82) is 0 Å². The number of carbonyl (C=O) groups excluding carboxylic acids is 2. The first-order valence-electron chi connectivity index (χ1n) is 7.97. The number of carbonyl (C=O) groups is 2. The van der Waals surface area contributed by atoms with Crippen molar-refractivity contribution in [2.75, 3.05) is 6.54 Å². The third-order valence-electron chi connectivity index (χ3n) is 3.15. The second-order valence-corrected chi connectivity index (χ2v) is 6.46. The number of nitrogens with two attached hydrogens (primary N) is 1. The van der Waals surface area contributed by atoms with Crippen LogP contribution in [0, 0.1) is 5.92 Å². The van der Waals surface area contributed by atoms with E-state index in [0.29, 0.717) is 19.4 Å². The van der Waals surface area contributed by atoms with E-state index < -0.39 is 23.5 Å². The molecule has 0 aliphatic rings. The third kappa shape index (κ3) is 7.79. The predicted octanol–water partition coefficient (Wildman–Crippen LogP) is 2.82. The summed E-state index contributed by atoms with van der Waals surface area (Å²) in [7, 11) is 0. The molecule has 0 radical (unpaired) electrons. The average molecular weight is 321 g/mol. The molecule has 0 spiro atoms. The van der Waals surface area contributed by atoms with Crippen molar-refractivity contribution < 1.29 is 19.1 Å². The van der Waals surface area contributed by atoms with E-state index in [1.165, 1.54) is 0 Å². The van der Waals surface area contributed by atoms with Crippen LogP contribution in [-0.4, -0.2) is 24.1 Å². The van der Waals surface area contributed by atoms with Crippen LogP contribution in [0.25, 0.3) is 0 Å². The van der Waals surface area contributed by atoms with Crippen molar-refractivity contribution in [1.82, 2.24) is 0 Å². The molecule has 23 heavy (non-hydrogen) atoms. The molecule has 0 bridgehead atoms. The van der Waals surface area contributed by atoms with Gasteiger partial charge in [-0.3, -0.25) is 9.59 Å². The number of hydrogen-bond donors (Lipinski definition) is 1. The van der Waals surface area contributed by atoms with Gasteiger partial charge in [-0.25, -0.2) is 0 Å². The largest absolute Gasteiger partial charge is 0.460 e. The van der Waals surface area contributed by atoms with Gasteiger partial charge in [0, 0.05) is 0 Å². The quantitative estimate of drug-likeness (QED) is 0.452. The molecule has 0 fully saturated rings. The molecule has 0 aliphatic carbocycles. The summed E-state index contributed by atoms with van der Waals surface area (Å²) in [4.78, 5) is 24.5. The molecule has 0 amide bonds. The number of esters is 2. The van der Waals surface area contributed by atoms with Gasteiger partial charge in [0.05, 0.1) is 0 Å². The highest BCUT2D eigenvalue weighted by Gasteiger charge is 2.32. The summed E-state index contributed by atoms with van der Waals surface area (Å²) in [6.07, 6.45) is 1.83. The second kappa shape index (κ2) is 9.30. The molecule has 0 aliphatic heterocycles. The summed E-state index contributed by atoms with van der Waals surface area (Å²) in [6.45, 7) is 6.00. The normalized spacial score (nSPS) is 12.5. The molecule has 1 aromatic carbocycles. The Hall–Kier alpha value is -1.88. The zero-order valence-electron chi connectivity index (χ0n) is 14.2. The molecule has 128 valence electrons. The summed E-state index contributed by atoms with van der Waals surface area (Å²) in [5.41, 5.74) is 5.72. The van der Waals surface area contributed by atoms with Gasteiger partial charge in [0.15, 0.2) is 5.92 Å². The van der Waals surface area contributed by atoms with E-state index >= 15 is 0 Å². The van der Waals surface area contributed by atoms with Gasteiger partial charge in [-0.15, -0.1) is 0 Å². The topological polar surface area (TPSA) is 78.6 Å². The Balaban J connectivity index is 2.65. The number of unbranched alkanes of at least 4 members (excludes halogenated alkanes) is 1. The first-order chi connectivity index (χ1) is 10.8. The number of benzene rings is 1. The smallest absolute Gasteiger partial charge is 0.320 e. The molecule has 1 aromatic rings. The lowest BCUT2D eigenvalue weighted by Crippen LogP contribution is -2.33. The van der Waals surface area contributed by atoms with Gasteiger partial charge in [-0.2, -0.15) is 0 Å². The van der Waals surface area contributed by atoms with Crippen LogP contribution in [0.15, 0.2) is 30.3 Å². The van der Waals surface area contributed by atoms with Crippen LogP contribution in [0.3, 0.4) is 0 Å². The fourth-order valence-corrected chi connectivity index (χ4v) is 2.03. The van der Waals surface area contributed by atoms with E-state index in [9.17, 15) is 9.59 Å². The summed E-state index contributed by atoms with van der Waals surface area (Å²) in [6, 6.07) is 9.36. The Kier molecular flexibility index (Phi) is 7.75. The maximum Gasteiger partial charge on any atom is 0.320 e. The van der Waals surface area contributed by atoms with Crippen molar-refractivity contribution in [3.8, 4) is 0 Å². The minimum Gasteiger partial charge on any atom is -0.460 e. The highest BCUT2D eigenvalue weighted by atomic mass is 16.6. The van der Waals surface area contributed by atoms with Gasteiger partial charge in [-0.05, 0) is 45.7 Å². The fraction of sp³-hybridized carbons (Fsp3) is 0.556. The molecule has 5 heteroatoms. The molecule has 5 nitrogen and oxygen atoms in total. The summed E-state index contributed by atoms with van der Waals surface area (Å²) in [5, 5.41) is 0. The monoisotopic (exact) mass is 321 g/mol. The third-order valence-corrected chi connectivity index (χ3v) is 3.15. The zero-order valence-corrected chi connectivity index (χ0v) is 14.2. The lowest BCUT2D eigenvalue weighted by Gasteiger charge is -2.23. The van der Waals surface area contributed by atoms with Crippen LogP contribution in [0.1, 0.15) is 45.6 Å². The Bertz CT molecular complexity index is 493. The van der Waals surface area contributed by atoms with Crippen LogP contribution < -0.4 is 5.73 Å². The standard InChI is InChI=1S/C18H27NO4/c1-18(2,3)23-17(21)15(11-7-8-12-19)16(20)22-13-14-9-5-4-6-10-14/h4-6,9-10,15H,7-8,11-13,19H2,1-3H3. The van der Waals surface area contributed by atoms with Gasteiger partial charge in [0.1, 0.15) is 12.2 Å². The van der Waals surface area contributed by atoms with Gasteiger partial charge in [-0.1, -0.05) is 36.8 Å². The Morgan fingerprint density at radius 2 is 1.74 bits per heavy atom. The minimum atomic E-state index is -0.899. The molecule has 1 atom stereocenters. The fourth-order valence-electron chi connectivity index (χ4n) is 2.03. The Morgan fingerprint density at radius 3 is 2.30 bits per heavy atom. The summed E-state index contributed by atoms with van der Waals surface area (Å²) in [5.74, 6) is -1.97. The minimum absolute atomic E-state index is 0.149. The molecule has 0 saturated heterocycles. The SMILES string of the molecule is CC(C)(C)OC(=O)C(CCCCN)C(=O)OCc1ccccc1. The Labute approximate surface area is 138 Å². The molecule has 0 saturated carbocycles. The van der Waals surface area contributed by atoms with Gasteiger partial charge < -0.3 is 15.2 Å². The highest BCUT2D eigenvalue weighted by molar-refractivity contribution is 5.95. The summed E-state index contributed by atoms with van der Waals surface area (Å²) < 4.78 is 10.6. The van der Waals surface area contributed by atoms with Crippen LogP contribution >= 0.6 is 0 Å².